The van der Waals surface area contributed by atoms with Crippen molar-refractivity contribution in [3.8, 4) is 0 Å². The first-order valence-corrected chi connectivity index (χ1v) is 9.17. The summed E-state index contributed by atoms with van der Waals surface area (Å²) in [6, 6.07) is 0.416. The lowest BCUT2D eigenvalue weighted by atomic mass is 9.89. The van der Waals surface area contributed by atoms with Crippen LogP contribution >= 0.6 is 0 Å². The fourth-order valence-electron chi connectivity index (χ4n) is 2.75. The third kappa shape index (κ3) is 8.25. The van der Waals surface area contributed by atoms with Gasteiger partial charge in [-0.1, -0.05) is 20.8 Å². The number of nitrogens with one attached hydrogen (secondary N) is 1. The van der Waals surface area contributed by atoms with Crippen molar-refractivity contribution >= 4 is 11.7 Å². The molecule has 1 fully saturated rings. The molecule has 5 heteroatoms. The maximum absolute atomic E-state index is 12.0. The number of nitrogens with zero attached hydrogens (tertiary/aromatic N) is 1. The Morgan fingerprint density at radius 1 is 1.12 bits per heavy atom. The zero-order valence-corrected chi connectivity index (χ0v) is 16.4. The van der Waals surface area contributed by atoms with Crippen LogP contribution in [0.4, 0.5) is 0 Å². The molecule has 1 rings (SSSR count). The summed E-state index contributed by atoms with van der Waals surface area (Å²) in [5.41, 5.74) is -0.453. The maximum Gasteiger partial charge on any atom is 0.221 e. The molecule has 1 heterocycles. The summed E-state index contributed by atoms with van der Waals surface area (Å²) in [5.74, 6) is 0.209. The highest BCUT2D eigenvalue weighted by Gasteiger charge is 2.26. The van der Waals surface area contributed by atoms with Gasteiger partial charge in [-0.15, -0.1) is 0 Å². The predicted molar refractivity (Wildman–Crippen MR) is 97.0 cm³/mol. The van der Waals surface area contributed by atoms with E-state index in [1.807, 2.05) is 20.8 Å². The highest BCUT2D eigenvalue weighted by Crippen LogP contribution is 2.20. The molecule has 0 unspecified atom stereocenters. The van der Waals surface area contributed by atoms with Crippen molar-refractivity contribution < 1.29 is 14.3 Å². The van der Waals surface area contributed by atoms with Gasteiger partial charge in [0.15, 0.2) is 0 Å². The Morgan fingerprint density at radius 3 is 2.38 bits per heavy atom. The lowest BCUT2D eigenvalue weighted by Crippen LogP contribution is -2.38. The van der Waals surface area contributed by atoms with Crippen molar-refractivity contribution in [2.24, 2.45) is 5.41 Å². The molecule has 0 aromatic heterocycles. The first-order chi connectivity index (χ1) is 11.0. The minimum atomic E-state index is -0.333. The summed E-state index contributed by atoms with van der Waals surface area (Å²) >= 11 is 0. The van der Waals surface area contributed by atoms with Gasteiger partial charge in [0.2, 0.25) is 5.91 Å². The topological polar surface area (TPSA) is 58.6 Å². The van der Waals surface area contributed by atoms with Crippen molar-refractivity contribution in [3.05, 3.63) is 0 Å². The van der Waals surface area contributed by atoms with E-state index in [0.717, 1.165) is 26.1 Å². The van der Waals surface area contributed by atoms with Gasteiger partial charge in [0.25, 0.3) is 0 Å². The molecule has 24 heavy (non-hydrogen) atoms. The zero-order valence-electron chi connectivity index (χ0n) is 16.4. The molecule has 1 N–H and O–H groups in total. The van der Waals surface area contributed by atoms with E-state index in [0.29, 0.717) is 25.4 Å². The molecule has 1 amide bonds. The molecule has 1 aliphatic rings. The highest BCUT2D eigenvalue weighted by atomic mass is 16.5. The second kappa shape index (κ2) is 8.95. The number of rotatable bonds is 8. The molecule has 0 aromatic rings. The normalized spacial score (nSPS) is 19.5. The van der Waals surface area contributed by atoms with Gasteiger partial charge in [-0.2, -0.15) is 0 Å². The molecule has 0 spiro atoms. The zero-order chi connectivity index (χ0) is 18.4. The molecule has 5 nitrogen and oxygen atoms in total. The lowest BCUT2D eigenvalue weighted by molar-refractivity contribution is -0.126. The second-order valence-electron chi connectivity index (χ2n) is 8.78. The van der Waals surface area contributed by atoms with Crippen LogP contribution in [0.1, 0.15) is 67.2 Å². The van der Waals surface area contributed by atoms with Gasteiger partial charge in [0.1, 0.15) is 5.78 Å². The summed E-state index contributed by atoms with van der Waals surface area (Å²) < 4.78 is 5.89. The van der Waals surface area contributed by atoms with Crippen LogP contribution in [0.25, 0.3) is 0 Å². The number of amides is 1. The number of hydrogen-bond donors (Lipinski definition) is 1. The van der Waals surface area contributed by atoms with Crippen LogP contribution in [0.3, 0.4) is 0 Å². The molecule has 0 aliphatic carbocycles. The molecular formula is C19H36N2O3. The third-order valence-electron chi connectivity index (χ3n) is 4.34. The van der Waals surface area contributed by atoms with E-state index in [2.05, 4.69) is 31.0 Å². The number of carbonyl (C=O) groups excluding carboxylic acids is 2. The van der Waals surface area contributed by atoms with Crippen LogP contribution in [0.2, 0.25) is 0 Å². The Morgan fingerprint density at radius 2 is 1.79 bits per heavy atom. The van der Waals surface area contributed by atoms with E-state index in [-0.39, 0.29) is 22.7 Å². The van der Waals surface area contributed by atoms with Crippen LogP contribution in [-0.2, 0) is 14.3 Å². The van der Waals surface area contributed by atoms with E-state index >= 15 is 0 Å². The van der Waals surface area contributed by atoms with E-state index in [1.165, 1.54) is 6.42 Å². The van der Waals surface area contributed by atoms with E-state index < -0.39 is 0 Å². The molecule has 0 saturated carbocycles. The van der Waals surface area contributed by atoms with Crippen LogP contribution < -0.4 is 5.32 Å². The minimum absolute atomic E-state index is 0.0269. The largest absolute Gasteiger partial charge is 0.374 e. The van der Waals surface area contributed by atoms with E-state index in [9.17, 15) is 9.59 Å². The van der Waals surface area contributed by atoms with Crippen LogP contribution in [-0.4, -0.2) is 54.5 Å². The van der Waals surface area contributed by atoms with Crippen LogP contribution in [0.5, 0.6) is 0 Å². The highest BCUT2D eigenvalue weighted by molar-refractivity contribution is 5.84. The van der Waals surface area contributed by atoms with Gasteiger partial charge in [-0.3, -0.25) is 14.5 Å². The fraction of sp³-hybridized carbons (Fsp3) is 0.895. The summed E-state index contributed by atoms with van der Waals surface area (Å²) in [4.78, 5) is 26.2. The maximum atomic E-state index is 12.0. The van der Waals surface area contributed by atoms with Gasteiger partial charge in [-0.25, -0.2) is 0 Å². The second-order valence-corrected chi connectivity index (χ2v) is 8.78. The molecule has 140 valence electrons. The number of likely N-dealkylation sites (tertiary alicyclic amines) is 1. The third-order valence-corrected chi connectivity index (χ3v) is 4.34. The van der Waals surface area contributed by atoms with Crippen LogP contribution in [0, 0.1) is 5.41 Å². The van der Waals surface area contributed by atoms with Crippen molar-refractivity contribution in [2.75, 3.05) is 26.2 Å². The molecule has 0 bridgehead atoms. The summed E-state index contributed by atoms with van der Waals surface area (Å²) in [7, 11) is 0. The van der Waals surface area contributed by atoms with Gasteiger partial charge in [0, 0.05) is 37.4 Å². The minimum Gasteiger partial charge on any atom is -0.374 e. The van der Waals surface area contributed by atoms with E-state index in [4.69, 9.17) is 4.74 Å². The lowest BCUT2D eigenvalue weighted by Gasteiger charge is -2.28. The molecule has 1 saturated heterocycles. The molecule has 0 aromatic carbocycles. The summed E-state index contributed by atoms with van der Waals surface area (Å²) in [6.07, 6.45) is 3.19. The van der Waals surface area contributed by atoms with Gasteiger partial charge >= 0.3 is 0 Å². The Hall–Kier alpha value is -0.940. The SMILES string of the molecule is CC(C)(C)OC[C@@H]1CCCN1CCC(=O)NCCC(=O)C(C)(C)C. The number of ether oxygens (including phenoxy) is 1. The van der Waals surface area contributed by atoms with Gasteiger partial charge in [0.05, 0.1) is 12.2 Å². The number of carbonyl (C=O) groups is 2. The van der Waals surface area contributed by atoms with Crippen molar-refractivity contribution in [3.63, 3.8) is 0 Å². The standard InChI is InChI=1S/C19H36N2O3/c1-18(2,3)16(22)9-11-20-17(23)10-13-21-12-7-8-15(21)14-24-19(4,5)6/h15H,7-14H2,1-6H3,(H,20,23)/t15-/m0/s1. The van der Waals surface area contributed by atoms with Gasteiger partial charge < -0.3 is 10.1 Å². The van der Waals surface area contributed by atoms with E-state index in [1.54, 1.807) is 0 Å². The van der Waals surface area contributed by atoms with Gasteiger partial charge in [-0.05, 0) is 40.2 Å². The Bertz CT molecular complexity index is 421. The number of Topliss-reactive ketones (excluding diaryl/α,β-unsaturated/α-hetero) is 1. The summed E-state index contributed by atoms with van der Waals surface area (Å²) in [5, 5.41) is 2.86. The van der Waals surface area contributed by atoms with Crippen molar-refractivity contribution in [1.82, 2.24) is 10.2 Å². The first-order valence-electron chi connectivity index (χ1n) is 9.17. The number of ketones is 1. The quantitative estimate of drug-likeness (QED) is 0.738. The monoisotopic (exact) mass is 340 g/mol. The molecule has 1 aliphatic heterocycles. The Labute approximate surface area is 147 Å². The Balaban J connectivity index is 2.24. The Kier molecular flexibility index (Phi) is 7.87. The smallest absolute Gasteiger partial charge is 0.221 e. The predicted octanol–water partition coefficient (Wildman–Crippen LogP) is 2.78. The molecule has 1 atom stereocenters. The molecule has 0 radical (unpaired) electrons. The summed E-state index contributed by atoms with van der Waals surface area (Å²) in [6.45, 7) is 14.9. The molecular weight excluding hydrogens is 304 g/mol. The number of hydrogen-bond acceptors (Lipinski definition) is 4. The van der Waals surface area contributed by atoms with Crippen molar-refractivity contribution in [2.45, 2.75) is 78.9 Å². The van der Waals surface area contributed by atoms with Crippen molar-refractivity contribution in [1.29, 1.82) is 0 Å². The van der Waals surface area contributed by atoms with Crippen LogP contribution in [0.15, 0.2) is 0 Å². The average molecular weight is 341 g/mol. The fourth-order valence-corrected chi connectivity index (χ4v) is 2.75. The average Bonchev–Trinajstić information content (AvgIpc) is 2.88. The first kappa shape index (κ1) is 21.1.